The highest BCUT2D eigenvalue weighted by molar-refractivity contribution is 4.51. The maximum atomic E-state index is 4.50. The highest BCUT2D eigenvalue weighted by atomic mass is 15.7. The highest BCUT2D eigenvalue weighted by Gasteiger charge is 2.04. The topological polar surface area (TPSA) is 53.3 Å². The van der Waals surface area contributed by atoms with Gasteiger partial charge in [0.25, 0.3) is 0 Å². The van der Waals surface area contributed by atoms with E-state index >= 15 is 0 Å². The fourth-order valence-corrected chi connectivity index (χ4v) is 0.824. The zero-order chi connectivity index (χ0) is 10.7. The van der Waals surface area contributed by atoms with Crippen LogP contribution in [0.1, 0.15) is 34.1 Å². The SMILES string of the molecule is CCCNN(NCC)C(C)C.CN. The molecule has 0 rings (SSSR count). The Bertz CT molecular complexity index is 85.7. The van der Waals surface area contributed by atoms with Crippen LogP contribution in [0.5, 0.6) is 0 Å². The van der Waals surface area contributed by atoms with E-state index in [-0.39, 0.29) is 0 Å². The van der Waals surface area contributed by atoms with E-state index in [4.69, 9.17) is 0 Å². The van der Waals surface area contributed by atoms with Crippen molar-refractivity contribution in [2.45, 2.75) is 40.2 Å². The summed E-state index contributed by atoms with van der Waals surface area (Å²) < 4.78 is 0. The smallest absolute Gasteiger partial charge is 0.0343 e. The summed E-state index contributed by atoms with van der Waals surface area (Å²) in [6.07, 6.45) is 1.16. The van der Waals surface area contributed by atoms with Crippen molar-refractivity contribution in [1.82, 2.24) is 16.0 Å². The number of hydrogen-bond donors (Lipinski definition) is 3. The van der Waals surface area contributed by atoms with Crippen LogP contribution in [0.25, 0.3) is 0 Å². The standard InChI is InChI=1S/C8H21N3.CH5N/c1-5-7-10-11(8(3)4)9-6-2;1-2/h8-10H,5-7H2,1-4H3;2H2,1H3. The van der Waals surface area contributed by atoms with Crippen molar-refractivity contribution >= 4 is 0 Å². The summed E-state index contributed by atoms with van der Waals surface area (Å²) in [6, 6.07) is 0.501. The quantitative estimate of drug-likeness (QED) is 0.540. The van der Waals surface area contributed by atoms with Crippen LogP contribution < -0.4 is 16.6 Å². The molecule has 0 fully saturated rings. The summed E-state index contributed by atoms with van der Waals surface area (Å²) in [5.41, 5.74) is 11.0. The van der Waals surface area contributed by atoms with Crippen LogP contribution in [0.2, 0.25) is 0 Å². The van der Waals surface area contributed by atoms with Gasteiger partial charge in [-0.3, -0.25) is 0 Å². The Labute approximate surface area is 82.8 Å². The van der Waals surface area contributed by atoms with E-state index in [2.05, 4.69) is 49.4 Å². The van der Waals surface area contributed by atoms with Gasteiger partial charge in [0.15, 0.2) is 0 Å². The Kier molecular flexibility index (Phi) is 14.0. The van der Waals surface area contributed by atoms with E-state index in [1.165, 1.54) is 7.05 Å². The van der Waals surface area contributed by atoms with Gasteiger partial charge < -0.3 is 5.73 Å². The normalized spacial score (nSPS) is 10.2. The molecular weight excluding hydrogens is 164 g/mol. The molecule has 0 saturated carbocycles. The van der Waals surface area contributed by atoms with Crippen LogP contribution in [-0.4, -0.2) is 31.3 Å². The van der Waals surface area contributed by atoms with Crippen LogP contribution in [0, 0.1) is 0 Å². The predicted molar refractivity (Wildman–Crippen MR) is 59.1 cm³/mol. The lowest BCUT2D eigenvalue weighted by molar-refractivity contribution is 0.0781. The molecule has 0 spiro atoms. The van der Waals surface area contributed by atoms with Gasteiger partial charge in [-0.25, -0.2) is 10.9 Å². The van der Waals surface area contributed by atoms with Crippen LogP contribution in [0.15, 0.2) is 0 Å². The van der Waals surface area contributed by atoms with Crippen LogP contribution in [0.4, 0.5) is 0 Å². The number of nitrogens with one attached hydrogen (secondary N) is 2. The number of hydrazine groups is 2. The summed E-state index contributed by atoms with van der Waals surface area (Å²) >= 11 is 0. The van der Waals surface area contributed by atoms with Gasteiger partial charge in [-0.2, -0.15) is 5.12 Å². The molecule has 4 nitrogen and oxygen atoms in total. The minimum Gasteiger partial charge on any atom is -0.333 e. The Morgan fingerprint density at radius 2 is 1.69 bits per heavy atom. The Hall–Kier alpha value is -0.160. The molecule has 0 bridgehead atoms. The van der Waals surface area contributed by atoms with Gasteiger partial charge in [0.05, 0.1) is 0 Å². The number of rotatable bonds is 6. The molecule has 4 heteroatoms. The van der Waals surface area contributed by atoms with Crippen LogP contribution >= 0.6 is 0 Å². The summed E-state index contributed by atoms with van der Waals surface area (Å²) in [4.78, 5) is 0. The van der Waals surface area contributed by atoms with Crippen molar-refractivity contribution in [2.24, 2.45) is 5.73 Å². The Morgan fingerprint density at radius 3 is 2.00 bits per heavy atom. The van der Waals surface area contributed by atoms with Crippen LogP contribution in [0.3, 0.4) is 0 Å². The van der Waals surface area contributed by atoms with Crippen LogP contribution in [-0.2, 0) is 0 Å². The number of nitrogens with two attached hydrogens (primary N) is 1. The largest absolute Gasteiger partial charge is 0.333 e. The molecule has 0 aliphatic rings. The van der Waals surface area contributed by atoms with E-state index < -0.39 is 0 Å². The first-order valence-electron chi connectivity index (χ1n) is 5.06. The first-order valence-corrected chi connectivity index (χ1v) is 5.06. The zero-order valence-corrected chi connectivity index (χ0v) is 9.72. The molecule has 0 saturated heterocycles. The lowest BCUT2D eigenvalue weighted by Gasteiger charge is -2.26. The zero-order valence-electron chi connectivity index (χ0n) is 9.72. The monoisotopic (exact) mass is 190 g/mol. The molecule has 4 N–H and O–H groups in total. The molecule has 0 unspecified atom stereocenters. The molecule has 0 heterocycles. The fourth-order valence-electron chi connectivity index (χ4n) is 0.824. The lowest BCUT2D eigenvalue weighted by atomic mass is 10.4. The van der Waals surface area contributed by atoms with Gasteiger partial charge in [0.1, 0.15) is 0 Å². The van der Waals surface area contributed by atoms with Gasteiger partial charge in [-0.15, -0.1) is 0 Å². The van der Waals surface area contributed by atoms with Crippen molar-refractivity contribution in [3.63, 3.8) is 0 Å². The summed E-state index contributed by atoms with van der Waals surface area (Å²) in [5.74, 6) is 0. The van der Waals surface area contributed by atoms with E-state index in [1.807, 2.05) is 0 Å². The van der Waals surface area contributed by atoms with Crippen molar-refractivity contribution in [1.29, 1.82) is 0 Å². The van der Waals surface area contributed by atoms with Crippen molar-refractivity contribution < 1.29 is 0 Å². The van der Waals surface area contributed by atoms with Crippen molar-refractivity contribution in [2.75, 3.05) is 20.1 Å². The molecule has 0 aliphatic heterocycles. The fraction of sp³-hybridized carbons (Fsp3) is 1.00. The first-order chi connectivity index (χ1) is 6.22. The molecule has 82 valence electrons. The molecule has 0 amide bonds. The molecule has 0 aromatic heterocycles. The van der Waals surface area contributed by atoms with Crippen molar-refractivity contribution in [3.05, 3.63) is 0 Å². The minimum atomic E-state index is 0.501. The molecule has 0 aromatic carbocycles. The molecule has 0 aromatic rings. The van der Waals surface area contributed by atoms with Gasteiger partial charge in [0, 0.05) is 19.1 Å². The van der Waals surface area contributed by atoms with Crippen molar-refractivity contribution in [3.8, 4) is 0 Å². The maximum Gasteiger partial charge on any atom is 0.0343 e. The Balaban J connectivity index is 0. The predicted octanol–water partition coefficient (Wildman–Crippen LogP) is 0.711. The summed E-state index contributed by atoms with van der Waals surface area (Å²) in [5, 5.41) is 2.06. The molecular formula is C9H26N4. The second kappa shape index (κ2) is 11.8. The van der Waals surface area contributed by atoms with Gasteiger partial charge in [-0.05, 0) is 27.3 Å². The highest BCUT2D eigenvalue weighted by Crippen LogP contribution is 1.88. The van der Waals surface area contributed by atoms with E-state index in [0.29, 0.717) is 6.04 Å². The average molecular weight is 190 g/mol. The third-order valence-electron chi connectivity index (χ3n) is 1.38. The first kappa shape index (κ1) is 15.3. The summed E-state index contributed by atoms with van der Waals surface area (Å²) in [7, 11) is 1.50. The second-order valence-corrected chi connectivity index (χ2v) is 2.88. The summed E-state index contributed by atoms with van der Waals surface area (Å²) in [6.45, 7) is 10.6. The van der Waals surface area contributed by atoms with E-state index in [9.17, 15) is 0 Å². The third-order valence-corrected chi connectivity index (χ3v) is 1.38. The van der Waals surface area contributed by atoms with Gasteiger partial charge in [-0.1, -0.05) is 13.8 Å². The minimum absolute atomic E-state index is 0.501. The lowest BCUT2D eigenvalue weighted by Crippen LogP contribution is -2.52. The molecule has 0 atom stereocenters. The van der Waals surface area contributed by atoms with E-state index in [1.54, 1.807) is 0 Å². The molecule has 0 radical (unpaired) electrons. The van der Waals surface area contributed by atoms with E-state index in [0.717, 1.165) is 19.5 Å². The number of hydrogen-bond acceptors (Lipinski definition) is 4. The molecule has 0 aliphatic carbocycles. The van der Waals surface area contributed by atoms with Gasteiger partial charge >= 0.3 is 0 Å². The third kappa shape index (κ3) is 9.76. The second-order valence-electron chi connectivity index (χ2n) is 2.88. The Morgan fingerprint density at radius 1 is 1.15 bits per heavy atom. The van der Waals surface area contributed by atoms with Gasteiger partial charge in [0.2, 0.25) is 0 Å². The average Bonchev–Trinajstić information content (AvgIpc) is 2.15. The molecule has 13 heavy (non-hydrogen) atoms. The maximum absolute atomic E-state index is 4.50. The number of nitrogens with zero attached hydrogens (tertiary/aromatic N) is 1.